The van der Waals surface area contributed by atoms with Gasteiger partial charge in [-0.2, -0.15) is 0 Å². The van der Waals surface area contributed by atoms with Gasteiger partial charge in [-0.3, -0.25) is 4.79 Å². The number of hydrogen-bond acceptors (Lipinski definition) is 2. The van der Waals surface area contributed by atoms with Gasteiger partial charge in [0.15, 0.2) is 0 Å². The molecule has 1 aromatic carbocycles. The molecule has 1 fully saturated rings. The second-order valence-corrected chi connectivity index (χ2v) is 4.86. The van der Waals surface area contributed by atoms with E-state index >= 15 is 0 Å². The van der Waals surface area contributed by atoms with Crippen LogP contribution in [-0.4, -0.2) is 24.7 Å². The molecule has 1 N–H and O–H groups in total. The topological polar surface area (TPSA) is 38.3 Å². The smallest absolute Gasteiger partial charge is 0.251 e. The molecule has 0 saturated carbocycles. The zero-order valence-electron chi connectivity index (χ0n) is 11.1. The van der Waals surface area contributed by atoms with E-state index in [1.165, 1.54) is 5.56 Å². The normalized spacial score (nSPS) is 20.7. The first-order chi connectivity index (χ1) is 8.70. The van der Waals surface area contributed by atoms with E-state index in [4.69, 9.17) is 4.74 Å². The lowest BCUT2D eigenvalue weighted by atomic mass is 10.1. The van der Waals surface area contributed by atoms with Crippen LogP contribution < -0.4 is 5.32 Å². The Morgan fingerprint density at radius 3 is 2.72 bits per heavy atom. The molecule has 1 aliphatic rings. The highest BCUT2D eigenvalue weighted by atomic mass is 16.5. The maximum atomic E-state index is 12.0. The van der Waals surface area contributed by atoms with E-state index in [1.807, 2.05) is 31.2 Å². The van der Waals surface area contributed by atoms with Crippen LogP contribution in [0.15, 0.2) is 24.3 Å². The second-order valence-electron chi connectivity index (χ2n) is 4.86. The summed E-state index contributed by atoms with van der Waals surface area (Å²) < 4.78 is 5.57. The lowest BCUT2D eigenvalue weighted by Crippen LogP contribution is -2.40. The van der Waals surface area contributed by atoms with E-state index in [1.54, 1.807) is 0 Å². The largest absolute Gasteiger partial charge is 0.376 e. The maximum Gasteiger partial charge on any atom is 0.251 e. The van der Waals surface area contributed by atoms with Gasteiger partial charge in [-0.05, 0) is 43.9 Å². The number of amides is 1. The molecular formula is C15H21NO2. The molecule has 3 nitrogen and oxygen atoms in total. The number of hydrogen-bond donors (Lipinski definition) is 1. The van der Waals surface area contributed by atoms with Crippen molar-refractivity contribution in [3.63, 3.8) is 0 Å². The molecule has 0 bridgehead atoms. The molecule has 0 radical (unpaired) electrons. The van der Waals surface area contributed by atoms with Gasteiger partial charge in [0.2, 0.25) is 0 Å². The minimum Gasteiger partial charge on any atom is -0.376 e. The van der Waals surface area contributed by atoms with Crippen LogP contribution in [0.3, 0.4) is 0 Å². The molecule has 1 heterocycles. The number of carbonyl (C=O) groups excluding carboxylic acids is 1. The lowest BCUT2D eigenvalue weighted by Gasteiger charge is -2.20. The van der Waals surface area contributed by atoms with Gasteiger partial charge < -0.3 is 10.1 Å². The molecule has 18 heavy (non-hydrogen) atoms. The number of nitrogens with one attached hydrogen (secondary N) is 1. The zero-order chi connectivity index (χ0) is 13.0. The molecule has 3 heteroatoms. The fourth-order valence-electron chi connectivity index (χ4n) is 2.27. The highest BCUT2D eigenvalue weighted by molar-refractivity contribution is 5.94. The van der Waals surface area contributed by atoms with Crippen molar-refractivity contribution < 1.29 is 9.53 Å². The first-order valence-corrected chi connectivity index (χ1v) is 6.72. The summed E-state index contributed by atoms with van der Waals surface area (Å²) in [6.45, 7) is 4.93. The monoisotopic (exact) mass is 247 g/mol. The van der Waals surface area contributed by atoms with Gasteiger partial charge >= 0.3 is 0 Å². The second kappa shape index (κ2) is 6.01. The summed E-state index contributed by atoms with van der Waals surface area (Å²) in [7, 11) is 0. The van der Waals surface area contributed by atoms with Crippen molar-refractivity contribution in [2.24, 2.45) is 0 Å². The highest BCUT2D eigenvalue weighted by Crippen LogP contribution is 2.16. The van der Waals surface area contributed by atoms with Crippen LogP contribution in [0.4, 0.5) is 0 Å². The fourth-order valence-corrected chi connectivity index (χ4v) is 2.27. The molecule has 0 aromatic heterocycles. The van der Waals surface area contributed by atoms with Gasteiger partial charge in [-0.25, -0.2) is 0 Å². The summed E-state index contributed by atoms with van der Waals surface area (Å²) in [5.41, 5.74) is 1.97. The van der Waals surface area contributed by atoms with E-state index in [2.05, 4.69) is 12.2 Å². The molecule has 98 valence electrons. The number of rotatable bonds is 4. The summed E-state index contributed by atoms with van der Waals surface area (Å²) in [4.78, 5) is 12.0. The fraction of sp³-hybridized carbons (Fsp3) is 0.533. The van der Waals surface area contributed by atoms with Gasteiger partial charge in [0.25, 0.3) is 5.91 Å². The predicted molar refractivity (Wildman–Crippen MR) is 71.7 cm³/mol. The summed E-state index contributed by atoms with van der Waals surface area (Å²) in [6.07, 6.45) is 3.30. The Balaban J connectivity index is 1.93. The minimum absolute atomic E-state index is 0.0133. The van der Waals surface area contributed by atoms with Crippen LogP contribution in [0.1, 0.15) is 42.6 Å². The van der Waals surface area contributed by atoms with Crippen molar-refractivity contribution in [1.29, 1.82) is 0 Å². The Hall–Kier alpha value is -1.35. The van der Waals surface area contributed by atoms with Crippen LogP contribution in [0.5, 0.6) is 0 Å². The van der Waals surface area contributed by atoms with Crippen molar-refractivity contribution in [2.75, 3.05) is 6.61 Å². The molecule has 1 aliphatic heterocycles. The highest BCUT2D eigenvalue weighted by Gasteiger charge is 2.23. The van der Waals surface area contributed by atoms with E-state index in [0.29, 0.717) is 0 Å². The van der Waals surface area contributed by atoms with Crippen LogP contribution in [0, 0.1) is 0 Å². The van der Waals surface area contributed by atoms with Crippen molar-refractivity contribution in [2.45, 2.75) is 45.3 Å². The lowest BCUT2D eigenvalue weighted by molar-refractivity contribution is 0.0712. The predicted octanol–water partition coefficient (Wildman–Crippen LogP) is 2.55. The standard InChI is InChI=1S/C15H21NO2/c1-3-12-6-8-13(9-7-12)15(17)16-11(2)14-5-4-10-18-14/h6-9,11,14H,3-5,10H2,1-2H3,(H,16,17)/t11-,14-/m0/s1. The quantitative estimate of drug-likeness (QED) is 0.888. The van der Waals surface area contributed by atoms with Crippen molar-refractivity contribution in [1.82, 2.24) is 5.32 Å². The van der Waals surface area contributed by atoms with Crippen LogP contribution in [-0.2, 0) is 11.2 Å². The summed E-state index contributed by atoms with van der Waals surface area (Å²) in [5.74, 6) is -0.0133. The van der Waals surface area contributed by atoms with E-state index in [0.717, 1.165) is 31.4 Å². The Morgan fingerprint density at radius 2 is 2.17 bits per heavy atom. The third kappa shape index (κ3) is 3.10. The third-order valence-electron chi connectivity index (χ3n) is 3.51. The number of benzene rings is 1. The van der Waals surface area contributed by atoms with E-state index < -0.39 is 0 Å². The number of ether oxygens (including phenoxy) is 1. The maximum absolute atomic E-state index is 12.0. The summed E-state index contributed by atoms with van der Waals surface area (Å²) >= 11 is 0. The van der Waals surface area contributed by atoms with Crippen LogP contribution in [0.2, 0.25) is 0 Å². The van der Waals surface area contributed by atoms with Crippen LogP contribution in [0.25, 0.3) is 0 Å². The molecule has 0 aliphatic carbocycles. The van der Waals surface area contributed by atoms with Crippen molar-refractivity contribution >= 4 is 5.91 Å². The number of aryl methyl sites for hydroxylation is 1. The zero-order valence-corrected chi connectivity index (χ0v) is 11.1. The third-order valence-corrected chi connectivity index (χ3v) is 3.51. The van der Waals surface area contributed by atoms with Gasteiger partial charge in [0, 0.05) is 12.2 Å². The Kier molecular flexibility index (Phi) is 4.37. The van der Waals surface area contributed by atoms with Crippen molar-refractivity contribution in [3.8, 4) is 0 Å². The van der Waals surface area contributed by atoms with Crippen LogP contribution >= 0.6 is 0 Å². The average Bonchev–Trinajstić information content (AvgIpc) is 2.92. The average molecular weight is 247 g/mol. The molecule has 0 spiro atoms. The van der Waals surface area contributed by atoms with Gasteiger partial charge in [-0.15, -0.1) is 0 Å². The Bertz CT molecular complexity index is 393. The first kappa shape index (κ1) is 13.1. The Labute approximate surface area is 109 Å². The first-order valence-electron chi connectivity index (χ1n) is 6.72. The molecule has 2 atom stereocenters. The minimum atomic E-state index is -0.0133. The summed E-state index contributed by atoms with van der Waals surface area (Å²) in [6, 6.07) is 7.86. The molecular weight excluding hydrogens is 226 g/mol. The molecule has 1 aromatic rings. The molecule has 1 saturated heterocycles. The van der Waals surface area contributed by atoms with Crippen molar-refractivity contribution in [3.05, 3.63) is 35.4 Å². The van der Waals surface area contributed by atoms with Gasteiger partial charge in [0.05, 0.1) is 12.1 Å². The SMILES string of the molecule is CCc1ccc(C(=O)N[C@@H](C)[C@@H]2CCCO2)cc1. The van der Waals surface area contributed by atoms with Gasteiger partial charge in [0.1, 0.15) is 0 Å². The molecule has 0 unspecified atom stereocenters. The number of carbonyl (C=O) groups is 1. The molecule has 2 rings (SSSR count). The Morgan fingerprint density at radius 1 is 1.44 bits per heavy atom. The van der Waals surface area contributed by atoms with E-state index in [9.17, 15) is 4.79 Å². The van der Waals surface area contributed by atoms with E-state index in [-0.39, 0.29) is 18.1 Å². The van der Waals surface area contributed by atoms with Gasteiger partial charge in [-0.1, -0.05) is 19.1 Å². The summed E-state index contributed by atoms with van der Waals surface area (Å²) in [5, 5.41) is 3.01. The molecule has 1 amide bonds.